The topological polar surface area (TPSA) is 111 Å². The Morgan fingerprint density at radius 3 is 2.52 bits per heavy atom. The standard InChI is InChI=1S/C15H19N3O5/c1-10(19)18-7-6-17(9-12(18)3-5-14(20)21)13-4-2-11(8-16-13)15(22)23/h2,4,8,12H,3,5-7,9H2,1H3,(H,20,21)(H,22,23). The first-order valence-electron chi connectivity index (χ1n) is 7.31. The summed E-state index contributed by atoms with van der Waals surface area (Å²) < 4.78 is 0. The highest BCUT2D eigenvalue weighted by Gasteiger charge is 2.29. The number of aliphatic carboxylic acids is 1. The lowest BCUT2D eigenvalue weighted by Crippen LogP contribution is -2.55. The molecule has 1 unspecified atom stereocenters. The summed E-state index contributed by atoms with van der Waals surface area (Å²) in [6.07, 6.45) is 1.66. The lowest BCUT2D eigenvalue weighted by Gasteiger charge is -2.41. The second-order valence-electron chi connectivity index (χ2n) is 5.45. The fraction of sp³-hybridized carbons (Fsp3) is 0.467. The van der Waals surface area contributed by atoms with Gasteiger partial charge in [0.15, 0.2) is 0 Å². The Labute approximate surface area is 133 Å². The van der Waals surface area contributed by atoms with Crippen molar-refractivity contribution in [1.82, 2.24) is 9.88 Å². The van der Waals surface area contributed by atoms with Crippen LogP contribution in [-0.2, 0) is 9.59 Å². The number of carboxylic acid groups (broad SMARTS) is 2. The minimum absolute atomic E-state index is 0.00628. The van der Waals surface area contributed by atoms with E-state index in [4.69, 9.17) is 10.2 Å². The normalized spacial score (nSPS) is 17.9. The fourth-order valence-corrected chi connectivity index (χ4v) is 2.71. The maximum Gasteiger partial charge on any atom is 0.337 e. The van der Waals surface area contributed by atoms with E-state index in [1.54, 1.807) is 11.0 Å². The van der Waals surface area contributed by atoms with Crippen molar-refractivity contribution in [3.63, 3.8) is 0 Å². The second kappa shape index (κ2) is 7.08. The SMILES string of the molecule is CC(=O)N1CCN(c2ccc(C(=O)O)cn2)CC1CCC(=O)O. The van der Waals surface area contributed by atoms with Crippen molar-refractivity contribution in [1.29, 1.82) is 0 Å². The first-order chi connectivity index (χ1) is 10.9. The Bertz CT molecular complexity index is 602. The summed E-state index contributed by atoms with van der Waals surface area (Å²) in [6, 6.07) is 2.91. The lowest BCUT2D eigenvalue weighted by molar-refractivity contribution is -0.139. The number of piperazine rings is 1. The number of carbonyl (C=O) groups is 3. The molecule has 8 nitrogen and oxygen atoms in total. The number of aromatic carboxylic acids is 1. The number of amides is 1. The summed E-state index contributed by atoms with van der Waals surface area (Å²) in [7, 11) is 0. The van der Waals surface area contributed by atoms with Crippen LogP contribution in [0.2, 0.25) is 0 Å². The molecule has 2 heterocycles. The number of hydrogen-bond acceptors (Lipinski definition) is 5. The molecule has 1 saturated heterocycles. The first-order valence-corrected chi connectivity index (χ1v) is 7.31. The quantitative estimate of drug-likeness (QED) is 0.820. The van der Waals surface area contributed by atoms with Gasteiger partial charge in [-0.3, -0.25) is 9.59 Å². The van der Waals surface area contributed by atoms with Crippen LogP contribution in [0, 0.1) is 0 Å². The van der Waals surface area contributed by atoms with Crippen LogP contribution in [0.5, 0.6) is 0 Å². The molecule has 1 amide bonds. The number of carboxylic acids is 2. The van der Waals surface area contributed by atoms with Crippen molar-refractivity contribution in [2.24, 2.45) is 0 Å². The molecule has 8 heteroatoms. The molecule has 0 radical (unpaired) electrons. The van der Waals surface area contributed by atoms with Crippen LogP contribution < -0.4 is 4.90 Å². The van der Waals surface area contributed by atoms with Crippen LogP contribution in [0.4, 0.5) is 5.82 Å². The van der Waals surface area contributed by atoms with Gasteiger partial charge in [0.05, 0.1) is 5.56 Å². The summed E-state index contributed by atoms with van der Waals surface area (Å²) in [5.41, 5.74) is 0.110. The molecule has 1 aromatic heterocycles. The molecule has 23 heavy (non-hydrogen) atoms. The van der Waals surface area contributed by atoms with Gasteiger partial charge < -0.3 is 20.0 Å². The number of pyridine rings is 1. The van der Waals surface area contributed by atoms with Gasteiger partial charge in [-0.15, -0.1) is 0 Å². The molecule has 2 rings (SSSR count). The fourth-order valence-electron chi connectivity index (χ4n) is 2.71. The van der Waals surface area contributed by atoms with E-state index in [0.29, 0.717) is 31.9 Å². The maximum atomic E-state index is 11.7. The molecule has 0 aromatic carbocycles. The third kappa shape index (κ3) is 4.18. The molecule has 1 aromatic rings. The molecule has 1 atom stereocenters. The van der Waals surface area contributed by atoms with E-state index in [0.717, 1.165) is 0 Å². The van der Waals surface area contributed by atoms with Crippen molar-refractivity contribution >= 4 is 23.7 Å². The van der Waals surface area contributed by atoms with Crippen LogP contribution in [0.15, 0.2) is 18.3 Å². The van der Waals surface area contributed by atoms with Crippen LogP contribution in [0.25, 0.3) is 0 Å². The Morgan fingerprint density at radius 1 is 1.26 bits per heavy atom. The summed E-state index contributed by atoms with van der Waals surface area (Å²) in [5.74, 6) is -1.38. The molecule has 0 bridgehead atoms. The van der Waals surface area contributed by atoms with E-state index in [1.165, 1.54) is 19.2 Å². The van der Waals surface area contributed by atoms with Gasteiger partial charge >= 0.3 is 11.9 Å². The molecule has 2 N–H and O–H groups in total. The van der Waals surface area contributed by atoms with Gasteiger partial charge in [-0.05, 0) is 18.6 Å². The number of rotatable bonds is 5. The largest absolute Gasteiger partial charge is 0.481 e. The zero-order chi connectivity index (χ0) is 17.0. The van der Waals surface area contributed by atoms with Crippen molar-refractivity contribution in [2.45, 2.75) is 25.8 Å². The maximum absolute atomic E-state index is 11.7. The van der Waals surface area contributed by atoms with Crippen molar-refractivity contribution < 1.29 is 24.6 Å². The molecular weight excluding hydrogens is 302 g/mol. The third-order valence-corrected chi connectivity index (χ3v) is 3.90. The van der Waals surface area contributed by atoms with Crippen molar-refractivity contribution in [3.05, 3.63) is 23.9 Å². The summed E-state index contributed by atoms with van der Waals surface area (Å²) >= 11 is 0. The van der Waals surface area contributed by atoms with Crippen LogP contribution in [0.1, 0.15) is 30.1 Å². The average molecular weight is 321 g/mol. The minimum atomic E-state index is -1.04. The average Bonchev–Trinajstić information content (AvgIpc) is 2.52. The van der Waals surface area contributed by atoms with Gasteiger partial charge in [0, 0.05) is 45.2 Å². The van der Waals surface area contributed by atoms with Crippen LogP contribution in [0.3, 0.4) is 0 Å². The van der Waals surface area contributed by atoms with Gasteiger partial charge in [-0.25, -0.2) is 9.78 Å². The van der Waals surface area contributed by atoms with Gasteiger partial charge in [0.2, 0.25) is 5.91 Å². The molecule has 0 spiro atoms. The van der Waals surface area contributed by atoms with Crippen LogP contribution in [-0.4, -0.2) is 63.6 Å². The zero-order valence-electron chi connectivity index (χ0n) is 12.8. The number of aromatic nitrogens is 1. The van der Waals surface area contributed by atoms with Gasteiger partial charge in [0.25, 0.3) is 0 Å². The Hall–Kier alpha value is -2.64. The van der Waals surface area contributed by atoms with E-state index in [2.05, 4.69) is 4.98 Å². The van der Waals surface area contributed by atoms with E-state index in [-0.39, 0.29) is 23.9 Å². The molecule has 0 saturated carbocycles. The number of hydrogen-bond donors (Lipinski definition) is 2. The molecular formula is C15H19N3O5. The van der Waals surface area contributed by atoms with Crippen molar-refractivity contribution in [2.75, 3.05) is 24.5 Å². The number of nitrogens with zero attached hydrogens (tertiary/aromatic N) is 3. The molecule has 1 aliphatic heterocycles. The van der Waals surface area contributed by atoms with Crippen molar-refractivity contribution in [3.8, 4) is 0 Å². The molecule has 1 fully saturated rings. The second-order valence-corrected chi connectivity index (χ2v) is 5.45. The van der Waals surface area contributed by atoms with E-state index in [1.807, 2.05) is 4.90 Å². The summed E-state index contributed by atoms with van der Waals surface area (Å²) in [6.45, 7) is 3.01. The Morgan fingerprint density at radius 2 is 2.00 bits per heavy atom. The molecule has 0 aliphatic carbocycles. The summed E-state index contributed by atoms with van der Waals surface area (Å²) in [4.78, 5) is 41.1. The predicted molar refractivity (Wildman–Crippen MR) is 81.5 cm³/mol. The predicted octanol–water partition coefficient (Wildman–Crippen LogP) is 0.682. The third-order valence-electron chi connectivity index (χ3n) is 3.90. The first kappa shape index (κ1) is 16.7. The van der Waals surface area contributed by atoms with E-state index < -0.39 is 11.9 Å². The van der Waals surface area contributed by atoms with Gasteiger partial charge in [-0.2, -0.15) is 0 Å². The number of anilines is 1. The lowest BCUT2D eigenvalue weighted by atomic mass is 10.1. The highest BCUT2D eigenvalue weighted by molar-refractivity contribution is 5.87. The highest BCUT2D eigenvalue weighted by atomic mass is 16.4. The van der Waals surface area contributed by atoms with Crippen LogP contribution >= 0.6 is 0 Å². The smallest absolute Gasteiger partial charge is 0.337 e. The monoisotopic (exact) mass is 321 g/mol. The molecule has 124 valence electrons. The van der Waals surface area contributed by atoms with Gasteiger partial charge in [0.1, 0.15) is 5.82 Å². The zero-order valence-corrected chi connectivity index (χ0v) is 12.8. The van der Waals surface area contributed by atoms with Gasteiger partial charge in [-0.1, -0.05) is 0 Å². The number of carbonyl (C=O) groups excluding carboxylic acids is 1. The minimum Gasteiger partial charge on any atom is -0.481 e. The highest BCUT2D eigenvalue weighted by Crippen LogP contribution is 2.20. The summed E-state index contributed by atoms with van der Waals surface area (Å²) in [5, 5.41) is 17.7. The molecule has 1 aliphatic rings. The Kier molecular flexibility index (Phi) is 5.15. The van der Waals surface area contributed by atoms with E-state index >= 15 is 0 Å². The van der Waals surface area contributed by atoms with E-state index in [9.17, 15) is 14.4 Å². The Balaban J connectivity index is 2.10.